The van der Waals surface area contributed by atoms with E-state index in [1.54, 1.807) is 22.7 Å². The summed E-state index contributed by atoms with van der Waals surface area (Å²) in [6, 6.07) is 4.40. The van der Waals surface area contributed by atoms with Gasteiger partial charge in [0.1, 0.15) is 18.0 Å². The average Bonchev–Trinajstić information content (AvgIpc) is 3.35. The molecular weight excluding hydrogens is 338 g/mol. The molecule has 2 aliphatic heterocycles. The molecule has 0 N–H and O–H groups in total. The predicted octanol–water partition coefficient (Wildman–Crippen LogP) is 3.85. The third kappa shape index (κ3) is 2.54. The van der Waals surface area contributed by atoms with Crippen molar-refractivity contribution in [3.05, 3.63) is 51.2 Å². The van der Waals surface area contributed by atoms with E-state index in [-0.39, 0.29) is 5.60 Å². The van der Waals surface area contributed by atoms with E-state index in [2.05, 4.69) is 48.1 Å². The SMILES string of the molecule is c1cc(CN2CCC3(C2)Cn2c(-c4ccsc4)cnc2CO3)cs1. The van der Waals surface area contributed by atoms with Gasteiger partial charge in [0.2, 0.25) is 0 Å². The van der Waals surface area contributed by atoms with Gasteiger partial charge in [0.05, 0.1) is 18.4 Å². The standard InChI is InChI=1S/C18H19N3OS2/c1-5-23-10-14(1)8-20-4-3-18(12-20)13-21-16(15-2-6-24-11-15)7-19-17(21)9-22-18/h1-2,5-7,10-11H,3-4,8-9,12-13H2. The van der Waals surface area contributed by atoms with Crippen LogP contribution in [0.4, 0.5) is 0 Å². The molecule has 0 amide bonds. The number of likely N-dealkylation sites (tertiary alicyclic amines) is 1. The fourth-order valence-corrected chi connectivity index (χ4v) is 5.16. The number of ether oxygens (including phenoxy) is 1. The summed E-state index contributed by atoms with van der Waals surface area (Å²) in [4.78, 5) is 7.10. The molecule has 1 saturated heterocycles. The molecule has 1 fully saturated rings. The third-order valence-corrected chi connectivity index (χ3v) is 6.51. The van der Waals surface area contributed by atoms with Crippen LogP contribution < -0.4 is 0 Å². The van der Waals surface area contributed by atoms with Crippen LogP contribution in [0.1, 0.15) is 17.8 Å². The molecule has 1 atom stereocenters. The number of imidazole rings is 1. The Morgan fingerprint density at radius 3 is 2.92 bits per heavy atom. The molecule has 2 aliphatic rings. The number of thiophene rings is 2. The first-order valence-electron chi connectivity index (χ1n) is 8.26. The van der Waals surface area contributed by atoms with Gasteiger partial charge in [0, 0.05) is 30.6 Å². The first-order chi connectivity index (χ1) is 11.8. The van der Waals surface area contributed by atoms with E-state index in [0.29, 0.717) is 6.61 Å². The summed E-state index contributed by atoms with van der Waals surface area (Å²) in [5, 5.41) is 8.73. The smallest absolute Gasteiger partial charge is 0.135 e. The van der Waals surface area contributed by atoms with Crippen molar-refractivity contribution in [3.8, 4) is 11.3 Å². The lowest BCUT2D eigenvalue weighted by atomic mass is 10.0. The molecular formula is C18H19N3OS2. The summed E-state index contributed by atoms with van der Waals surface area (Å²) in [6.45, 7) is 4.67. The van der Waals surface area contributed by atoms with E-state index in [1.165, 1.54) is 16.8 Å². The van der Waals surface area contributed by atoms with Gasteiger partial charge < -0.3 is 9.30 Å². The van der Waals surface area contributed by atoms with Crippen molar-refractivity contribution >= 4 is 22.7 Å². The van der Waals surface area contributed by atoms with Crippen molar-refractivity contribution in [2.45, 2.75) is 31.7 Å². The number of nitrogens with zero attached hydrogens (tertiary/aromatic N) is 3. The van der Waals surface area contributed by atoms with Crippen LogP contribution in [0, 0.1) is 0 Å². The lowest BCUT2D eigenvalue weighted by Crippen LogP contribution is -2.44. The van der Waals surface area contributed by atoms with Gasteiger partial charge in [-0.05, 0) is 40.3 Å². The first-order valence-corrected chi connectivity index (χ1v) is 10.1. The highest BCUT2D eigenvalue weighted by Gasteiger charge is 2.43. The van der Waals surface area contributed by atoms with E-state index in [9.17, 15) is 0 Å². The molecule has 124 valence electrons. The minimum absolute atomic E-state index is 0.0610. The second-order valence-corrected chi connectivity index (χ2v) is 8.28. The van der Waals surface area contributed by atoms with Crippen molar-refractivity contribution in [1.82, 2.24) is 14.5 Å². The van der Waals surface area contributed by atoms with E-state index in [4.69, 9.17) is 4.74 Å². The molecule has 3 aromatic rings. The van der Waals surface area contributed by atoms with Crippen LogP contribution in [0.15, 0.2) is 39.8 Å². The Morgan fingerprint density at radius 2 is 2.08 bits per heavy atom. The average molecular weight is 358 g/mol. The molecule has 0 radical (unpaired) electrons. The van der Waals surface area contributed by atoms with Crippen molar-refractivity contribution in [2.75, 3.05) is 13.1 Å². The highest BCUT2D eigenvalue weighted by atomic mass is 32.1. The largest absolute Gasteiger partial charge is 0.364 e. The van der Waals surface area contributed by atoms with Crippen LogP contribution in [0.2, 0.25) is 0 Å². The third-order valence-electron chi connectivity index (χ3n) is 5.09. The fourth-order valence-electron chi connectivity index (χ4n) is 3.85. The summed E-state index contributed by atoms with van der Waals surface area (Å²) in [5.74, 6) is 1.05. The van der Waals surface area contributed by atoms with Crippen LogP contribution in [-0.2, 0) is 24.4 Å². The molecule has 0 saturated carbocycles. The van der Waals surface area contributed by atoms with Crippen molar-refractivity contribution < 1.29 is 4.74 Å². The van der Waals surface area contributed by atoms with E-state index >= 15 is 0 Å². The summed E-state index contributed by atoms with van der Waals surface area (Å²) in [7, 11) is 0. The summed E-state index contributed by atoms with van der Waals surface area (Å²) < 4.78 is 8.69. The first kappa shape index (κ1) is 14.8. The Hall–Kier alpha value is -1.47. The zero-order valence-electron chi connectivity index (χ0n) is 13.4. The Bertz CT molecular complexity index is 825. The molecule has 0 aliphatic carbocycles. The van der Waals surface area contributed by atoms with Crippen LogP contribution >= 0.6 is 22.7 Å². The number of rotatable bonds is 3. The van der Waals surface area contributed by atoms with E-state index < -0.39 is 0 Å². The normalized spacial score (nSPS) is 23.8. The molecule has 3 aromatic heterocycles. The monoisotopic (exact) mass is 357 g/mol. The quantitative estimate of drug-likeness (QED) is 0.713. The highest BCUT2D eigenvalue weighted by molar-refractivity contribution is 7.08. The van der Waals surface area contributed by atoms with Crippen LogP contribution in [0.5, 0.6) is 0 Å². The van der Waals surface area contributed by atoms with E-state index in [0.717, 1.165) is 38.4 Å². The van der Waals surface area contributed by atoms with Gasteiger partial charge in [-0.3, -0.25) is 4.90 Å². The molecule has 5 heterocycles. The van der Waals surface area contributed by atoms with E-state index in [1.807, 2.05) is 6.20 Å². The predicted molar refractivity (Wildman–Crippen MR) is 97.3 cm³/mol. The topological polar surface area (TPSA) is 30.3 Å². The Kier molecular flexibility index (Phi) is 3.59. The van der Waals surface area contributed by atoms with Gasteiger partial charge in [0.25, 0.3) is 0 Å². The van der Waals surface area contributed by atoms with Gasteiger partial charge in [0.15, 0.2) is 0 Å². The van der Waals surface area contributed by atoms with Gasteiger partial charge in [-0.1, -0.05) is 0 Å². The Labute approximate surface area is 149 Å². The molecule has 1 spiro atoms. The Balaban J connectivity index is 1.38. The minimum Gasteiger partial charge on any atom is -0.364 e. The van der Waals surface area contributed by atoms with Gasteiger partial charge in [-0.2, -0.15) is 22.7 Å². The maximum absolute atomic E-state index is 6.31. The lowest BCUT2D eigenvalue weighted by molar-refractivity contribution is -0.0821. The molecule has 1 unspecified atom stereocenters. The van der Waals surface area contributed by atoms with Crippen LogP contribution in [0.25, 0.3) is 11.3 Å². The molecule has 6 heteroatoms. The lowest BCUT2D eigenvalue weighted by Gasteiger charge is -2.35. The second kappa shape index (κ2) is 5.81. The van der Waals surface area contributed by atoms with Crippen molar-refractivity contribution in [3.63, 3.8) is 0 Å². The summed E-state index contributed by atoms with van der Waals surface area (Å²) in [6.07, 6.45) is 3.09. The Morgan fingerprint density at radius 1 is 1.17 bits per heavy atom. The number of hydrogen-bond acceptors (Lipinski definition) is 5. The number of hydrogen-bond donors (Lipinski definition) is 0. The van der Waals surface area contributed by atoms with Crippen molar-refractivity contribution in [2.24, 2.45) is 0 Å². The fraction of sp³-hybridized carbons (Fsp3) is 0.389. The highest BCUT2D eigenvalue weighted by Crippen LogP contribution is 2.36. The van der Waals surface area contributed by atoms with Gasteiger partial charge in [-0.15, -0.1) is 0 Å². The number of aromatic nitrogens is 2. The molecule has 5 rings (SSSR count). The van der Waals surface area contributed by atoms with Crippen LogP contribution in [-0.4, -0.2) is 33.1 Å². The zero-order valence-corrected chi connectivity index (χ0v) is 15.0. The maximum Gasteiger partial charge on any atom is 0.135 e. The molecule has 24 heavy (non-hydrogen) atoms. The van der Waals surface area contributed by atoms with Gasteiger partial charge in [-0.25, -0.2) is 4.98 Å². The summed E-state index contributed by atoms with van der Waals surface area (Å²) >= 11 is 3.51. The molecule has 4 nitrogen and oxygen atoms in total. The maximum atomic E-state index is 6.31. The summed E-state index contributed by atoms with van der Waals surface area (Å²) in [5.41, 5.74) is 3.85. The minimum atomic E-state index is -0.0610. The van der Waals surface area contributed by atoms with Crippen molar-refractivity contribution in [1.29, 1.82) is 0 Å². The molecule has 0 aromatic carbocycles. The van der Waals surface area contributed by atoms with Crippen LogP contribution in [0.3, 0.4) is 0 Å². The second-order valence-electron chi connectivity index (χ2n) is 6.72. The zero-order chi connectivity index (χ0) is 16.0. The van der Waals surface area contributed by atoms with Gasteiger partial charge >= 0.3 is 0 Å². The number of fused-ring (bicyclic) bond motifs is 1. The molecule has 0 bridgehead atoms.